The third-order valence-electron chi connectivity index (χ3n) is 5.62. The first kappa shape index (κ1) is 17.1. The van der Waals surface area contributed by atoms with Gasteiger partial charge in [-0.15, -0.1) is 0 Å². The Labute approximate surface area is 147 Å². The van der Waals surface area contributed by atoms with Gasteiger partial charge in [0.2, 0.25) is 0 Å². The molecule has 3 rings (SSSR count). The van der Waals surface area contributed by atoms with Crippen molar-refractivity contribution in [3.8, 4) is 16.9 Å². The molecule has 1 aliphatic rings. The molecule has 2 aromatic carbocycles. The molecular formula is C23H30O. The van der Waals surface area contributed by atoms with Gasteiger partial charge in [0.05, 0.1) is 7.11 Å². The van der Waals surface area contributed by atoms with Crippen molar-refractivity contribution >= 4 is 0 Å². The smallest absolute Gasteiger partial charge is 0.118 e. The summed E-state index contributed by atoms with van der Waals surface area (Å²) in [5, 5.41) is 0. The first-order valence-electron chi connectivity index (χ1n) is 9.54. The zero-order chi connectivity index (χ0) is 16.8. The molecule has 1 saturated carbocycles. The van der Waals surface area contributed by atoms with E-state index >= 15 is 0 Å². The molecule has 1 nitrogen and oxygen atoms in total. The lowest BCUT2D eigenvalue weighted by molar-refractivity contribution is 0.304. The van der Waals surface area contributed by atoms with Crippen molar-refractivity contribution in [2.75, 3.05) is 7.11 Å². The minimum absolute atomic E-state index is 0.771. The van der Waals surface area contributed by atoms with Crippen molar-refractivity contribution in [1.82, 2.24) is 0 Å². The van der Waals surface area contributed by atoms with E-state index in [9.17, 15) is 0 Å². The zero-order valence-electron chi connectivity index (χ0n) is 15.1. The Hall–Kier alpha value is -1.76. The Morgan fingerprint density at radius 3 is 1.96 bits per heavy atom. The van der Waals surface area contributed by atoms with Crippen LogP contribution in [0.15, 0.2) is 48.5 Å². The second-order valence-corrected chi connectivity index (χ2v) is 7.21. The Kier molecular flexibility index (Phi) is 5.96. The van der Waals surface area contributed by atoms with Crippen molar-refractivity contribution in [3.63, 3.8) is 0 Å². The van der Waals surface area contributed by atoms with Gasteiger partial charge in [0.1, 0.15) is 5.75 Å². The molecule has 24 heavy (non-hydrogen) atoms. The average Bonchev–Trinajstić information content (AvgIpc) is 2.67. The van der Waals surface area contributed by atoms with Crippen LogP contribution in [0.25, 0.3) is 11.1 Å². The molecule has 0 aliphatic heterocycles. The Bertz CT molecular complexity index is 603. The van der Waals surface area contributed by atoms with Crippen LogP contribution in [0.4, 0.5) is 0 Å². The fourth-order valence-corrected chi connectivity index (χ4v) is 4.01. The lowest BCUT2D eigenvalue weighted by Crippen LogP contribution is -2.13. The van der Waals surface area contributed by atoms with Gasteiger partial charge < -0.3 is 4.74 Å². The number of hydrogen-bond donors (Lipinski definition) is 0. The molecule has 0 saturated heterocycles. The van der Waals surface area contributed by atoms with Crippen LogP contribution in [-0.4, -0.2) is 7.11 Å². The molecule has 1 aliphatic carbocycles. The first-order valence-corrected chi connectivity index (χ1v) is 9.54. The van der Waals surface area contributed by atoms with Crippen LogP contribution in [0.1, 0.15) is 63.4 Å². The normalized spacial score (nSPS) is 20.8. The summed E-state index contributed by atoms with van der Waals surface area (Å²) in [5.41, 5.74) is 4.07. The van der Waals surface area contributed by atoms with Gasteiger partial charge in [0, 0.05) is 0 Å². The predicted molar refractivity (Wildman–Crippen MR) is 103 cm³/mol. The van der Waals surface area contributed by atoms with Gasteiger partial charge in [-0.2, -0.15) is 0 Å². The lowest BCUT2D eigenvalue weighted by atomic mass is 9.77. The van der Waals surface area contributed by atoms with Crippen LogP contribution < -0.4 is 4.74 Å². The summed E-state index contributed by atoms with van der Waals surface area (Å²) in [5.74, 6) is 2.67. The third kappa shape index (κ3) is 4.20. The molecule has 0 amide bonds. The Balaban J connectivity index is 1.60. The summed E-state index contributed by atoms with van der Waals surface area (Å²) in [6.07, 6.45) is 9.78. The summed E-state index contributed by atoms with van der Waals surface area (Å²) in [4.78, 5) is 0. The van der Waals surface area contributed by atoms with Gasteiger partial charge in [0.25, 0.3) is 0 Å². The average molecular weight is 322 g/mol. The highest BCUT2D eigenvalue weighted by Crippen LogP contribution is 2.38. The van der Waals surface area contributed by atoms with E-state index in [1.54, 1.807) is 7.11 Å². The summed E-state index contributed by atoms with van der Waals surface area (Å²) in [7, 11) is 1.71. The van der Waals surface area contributed by atoms with Crippen LogP contribution >= 0.6 is 0 Å². The minimum atomic E-state index is 0.771. The van der Waals surface area contributed by atoms with Crippen LogP contribution in [0, 0.1) is 5.92 Å². The van der Waals surface area contributed by atoms with Crippen molar-refractivity contribution in [1.29, 1.82) is 0 Å². The van der Waals surface area contributed by atoms with E-state index in [1.165, 1.54) is 61.6 Å². The fraction of sp³-hybridized carbons (Fsp3) is 0.478. The maximum Gasteiger partial charge on any atom is 0.118 e. The summed E-state index contributed by atoms with van der Waals surface area (Å²) in [6.45, 7) is 2.30. The quantitative estimate of drug-likeness (QED) is 0.566. The lowest BCUT2D eigenvalue weighted by Gasteiger charge is -2.29. The van der Waals surface area contributed by atoms with Crippen LogP contribution in [-0.2, 0) is 0 Å². The van der Waals surface area contributed by atoms with E-state index in [1.807, 2.05) is 12.1 Å². The van der Waals surface area contributed by atoms with E-state index in [-0.39, 0.29) is 0 Å². The predicted octanol–water partition coefficient (Wildman–Crippen LogP) is 6.83. The standard InChI is InChI=1S/C23H30O/c1-3-4-5-18-6-8-19(9-7-18)20-10-12-21(13-11-20)22-14-16-23(24-2)17-15-22/h10-19H,3-9H2,1-2H3. The van der Waals surface area contributed by atoms with E-state index < -0.39 is 0 Å². The SMILES string of the molecule is CCCCC1CCC(c2ccc(-c3ccc(OC)cc3)cc2)CC1. The van der Waals surface area contributed by atoms with Crippen molar-refractivity contribution in [2.24, 2.45) is 5.92 Å². The largest absolute Gasteiger partial charge is 0.497 e. The number of unbranched alkanes of at least 4 members (excludes halogenated alkanes) is 1. The highest BCUT2D eigenvalue weighted by Gasteiger charge is 2.21. The molecule has 0 unspecified atom stereocenters. The van der Waals surface area contributed by atoms with Gasteiger partial charge in [-0.1, -0.05) is 62.6 Å². The molecule has 0 radical (unpaired) electrons. The van der Waals surface area contributed by atoms with Crippen molar-refractivity contribution < 1.29 is 4.74 Å². The van der Waals surface area contributed by atoms with Gasteiger partial charge in [-0.05, 0) is 66.3 Å². The molecule has 1 heteroatoms. The van der Waals surface area contributed by atoms with E-state index in [4.69, 9.17) is 4.74 Å². The molecule has 0 heterocycles. The maximum atomic E-state index is 5.24. The van der Waals surface area contributed by atoms with Gasteiger partial charge >= 0.3 is 0 Å². The molecule has 0 N–H and O–H groups in total. The zero-order valence-corrected chi connectivity index (χ0v) is 15.1. The molecule has 0 spiro atoms. The van der Waals surface area contributed by atoms with Crippen molar-refractivity contribution in [3.05, 3.63) is 54.1 Å². The number of benzene rings is 2. The Morgan fingerprint density at radius 2 is 1.42 bits per heavy atom. The molecule has 0 atom stereocenters. The fourth-order valence-electron chi connectivity index (χ4n) is 4.01. The highest BCUT2D eigenvalue weighted by molar-refractivity contribution is 5.64. The molecule has 128 valence electrons. The Morgan fingerprint density at radius 1 is 0.833 bits per heavy atom. The van der Waals surface area contributed by atoms with Crippen LogP contribution in [0.2, 0.25) is 0 Å². The molecule has 2 aromatic rings. The van der Waals surface area contributed by atoms with Crippen LogP contribution in [0.5, 0.6) is 5.75 Å². The number of rotatable bonds is 6. The molecule has 0 aromatic heterocycles. The minimum Gasteiger partial charge on any atom is -0.497 e. The number of hydrogen-bond acceptors (Lipinski definition) is 1. The second kappa shape index (κ2) is 8.37. The third-order valence-corrected chi connectivity index (χ3v) is 5.62. The van der Waals surface area contributed by atoms with E-state index in [2.05, 4.69) is 43.3 Å². The topological polar surface area (TPSA) is 9.23 Å². The van der Waals surface area contributed by atoms with E-state index in [0.29, 0.717) is 0 Å². The van der Waals surface area contributed by atoms with E-state index in [0.717, 1.165) is 17.6 Å². The summed E-state index contributed by atoms with van der Waals surface area (Å²) < 4.78 is 5.24. The van der Waals surface area contributed by atoms with Crippen molar-refractivity contribution in [2.45, 2.75) is 57.8 Å². The van der Waals surface area contributed by atoms with Crippen LogP contribution in [0.3, 0.4) is 0 Å². The second-order valence-electron chi connectivity index (χ2n) is 7.21. The van der Waals surface area contributed by atoms with Gasteiger partial charge in [-0.25, -0.2) is 0 Å². The highest BCUT2D eigenvalue weighted by atomic mass is 16.5. The van der Waals surface area contributed by atoms with Gasteiger partial charge in [0.15, 0.2) is 0 Å². The number of ether oxygens (including phenoxy) is 1. The molecule has 0 bridgehead atoms. The summed E-state index contributed by atoms with van der Waals surface area (Å²) in [6, 6.07) is 17.6. The molecular weight excluding hydrogens is 292 g/mol. The van der Waals surface area contributed by atoms with Gasteiger partial charge in [-0.3, -0.25) is 0 Å². The summed E-state index contributed by atoms with van der Waals surface area (Å²) >= 11 is 0. The maximum absolute atomic E-state index is 5.24. The molecule has 1 fully saturated rings. The monoisotopic (exact) mass is 322 g/mol. The number of methoxy groups -OCH3 is 1. The first-order chi connectivity index (χ1) is 11.8.